The summed E-state index contributed by atoms with van der Waals surface area (Å²) in [6, 6.07) is 8.58. The van der Waals surface area contributed by atoms with Crippen LogP contribution in [0, 0.1) is 0 Å². The smallest absolute Gasteiger partial charge is 0.0256 e. The van der Waals surface area contributed by atoms with Crippen LogP contribution in [0.1, 0.15) is 25.0 Å². The van der Waals surface area contributed by atoms with Crippen LogP contribution in [0.4, 0.5) is 0 Å². The molecule has 0 amide bonds. The molecule has 0 saturated carbocycles. The Morgan fingerprint density at radius 2 is 1.71 bits per heavy atom. The van der Waals surface area contributed by atoms with Crippen LogP contribution < -0.4 is 0 Å². The molecule has 0 radical (unpaired) electrons. The lowest BCUT2D eigenvalue weighted by atomic mass is 10.1. The van der Waals surface area contributed by atoms with E-state index in [0.29, 0.717) is 0 Å². The van der Waals surface area contributed by atoms with Gasteiger partial charge in [-0.2, -0.15) is 0 Å². The van der Waals surface area contributed by atoms with Gasteiger partial charge in [0, 0.05) is 0 Å². The third-order valence-corrected chi connectivity index (χ3v) is 2.46. The van der Waals surface area contributed by atoms with Gasteiger partial charge in [0.25, 0.3) is 0 Å². The minimum Gasteiger partial charge on any atom is -0.0961 e. The first-order valence-electron chi connectivity index (χ1n) is 5.91. The fourth-order valence-electron chi connectivity index (χ4n) is 1.37. The number of aryl methyl sites for hydroxylation is 1. The SMILES string of the molecule is C=C(C)/C=C\C(=C)/C=C/c1ccc(CC)cc1. The molecule has 0 bridgehead atoms. The van der Waals surface area contributed by atoms with Gasteiger partial charge in [-0.1, -0.05) is 74.2 Å². The normalized spacial score (nSPS) is 11.2. The van der Waals surface area contributed by atoms with Gasteiger partial charge in [0.05, 0.1) is 0 Å². The van der Waals surface area contributed by atoms with Crippen LogP contribution in [0.2, 0.25) is 0 Å². The number of benzene rings is 1. The Morgan fingerprint density at radius 1 is 1.06 bits per heavy atom. The maximum atomic E-state index is 3.96. The highest BCUT2D eigenvalue weighted by atomic mass is 13.9. The third kappa shape index (κ3) is 5.17. The molecule has 17 heavy (non-hydrogen) atoms. The van der Waals surface area contributed by atoms with Crippen molar-refractivity contribution in [2.24, 2.45) is 0 Å². The van der Waals surface area contributed by atoms with Gasteiger partial charge in [0.2, 0.25) is 0 Å². The minimum atomic E-state index is 0.979. The summed E-state index contributed by atoms with van der Waals surface area (Å²) in [4.78, 5) is 0. The first-order valence-corrected chi connectivity index (χ1v) is 5.91. The van der Waals surface area contributed by atoms with E-state index in [1.54, 1.807) is 0 Å². The lowest BCUT2D eigenvalue weighted by Crippen LogP contribution is -1.79. The van der Waals surface area contributed by atoms with Crippen LogP contribution in [0.3, 0.4) is 0 Å². The molecule has 0 N–H and O–H groups in total. The Labute approximate surface area is 105 Å². The quantitative estimate of drug-likeness (QED) is 0.621. The molecule has 0 heterocycles. The number of hydrogen-bond donors (Lipinski definition) is 0. The van der Waals surface area contributed by atoms with Crippen molar-refractivity contribution in [3.8, 4) is 0 Å². The fourth-order valence-corrected chi connectivity index (χ4v) is 1.37. The van der Waals surface area contributed by atoms with Crippen LogP contribution in [-0.2, 0) is 6.42 Å². The van der Waals surface area contributed by atoms with Crippen molar-refractivity contribution in [2.45, 2.75) is 20.3 Å². The highest BCUT2D eigenvalue weighted by molar-refractivity contribution is 5.54. The van der Waals surface area contributed by atoms with E-state index >= 15 is 0 Å². The van der Waals surface area contributed by atoms with E-state index in [9.17, 15) is 0 Å². The zero-order valence-corrected chi connectivity index (χ0v) is 10.7. The molecule has 0 fully saturated rings. The summed E-state index contributed by atoms with van der Waals surface area (Å²) in [6.07, 6.45) is 9.11. The van der Waals surface area contributed by atoms with E-state index < -0.39 is 0 Å². The molecule has 0 unspecified atom stereocenters. The third-order valence-electron chi connectivity index (χ3n) is 2.46. The summed E-state index contributed by atoms with van der Waals surface area (Å²) in [5.74, 6) is 0. The average molecular weight is 224 g/mol. The molecule has 0 atom stereocenters. The van der Waals surface area contributed by atoms with Crippen molar-refractivity contribution in [1.82, 2.24) is 0 Å². The van der Waals surface area contributed by atoms with E-state index in [1.807, 2.05) is 25.2 Å². The molecular weight excluding hydrogens is 204 g/mol. The van der Waals surface area contributed by atoms with Gasteiger partial charge in [-0.3, -0.25) is 0 Å². The molecule has 1 aromatic rings. The fraction of sp³-hybridized carbons (Fsp3) is 0.176. The zero-order chi connectivity index (χ0) is 12.7. The molecule has 0 aliphatic rings. The van der Waals surface area contributed by atoms with Crippen LogP contribution in [-0.4, -0.2) is 0 Å². The Balaban J connectivity index is 2.63. The van der Waals surface area contributed by atoms with E-state index in [0.717, 1.165) is 17.6 Å². The van der Waals surface area contributed by atoms with Crippen molar-refractivity contribution in [3.05, 3.63) is 77.9 Å². The van der Waals surface area contributed by atoms with Gasteiger partial charge in [-0.05, 0) is 30.0 Å². The molecule has 0 nitrogen and oxygen atoms in total. The first kappa shape index (κ1) is 13.2. The summed E-state index contributed by atoms with van der Waals surface area (Å²) in [5.41, 5.74) is 4.58. The van der Waals surface area contributed by atoms with Gasteiger partial charge >= 0.3 is 0 Å². The molecular formula is C17H20. The average Bonchev–Trinajstić information content (AvgIpc) is 2.34. The van der Waals surface area contributed by atoms with Crippen LogP contribution in [0.5, 0.6) is 0 Å². The van der Waals surface area contributed by atoms with Gasteiger partial charge in [0.15, 0.2) is 0 Å². The largest absolute Gasteiger partial charge is 0.0961 e. The predicted molar refractivity (Wildman–Crippen MR) is 77.9 cm³/mol. The topological polar surface area (TPSA) is 0 Å². The lowest BCUT2D eigenvalue weighted by Gasteiger charge is -1.97. The van der Waals surface area contributed by atoms with Crippen molar-refractivity contribution >= 4 is 6.08 Å². The van der Waals surface area contributed by atoms with Crippen molar-refractivity contribution in [2.75, 3.05) is 0 Å². The molecule has 0 spiro atoms. The zero-order valence-electron chi connectivity index (χ0n) is 10.7. The van der Waals surface area contributed by atoms with Gasteiger partial charge in [-0.25, -0.2) is 0 Å². The summed E-state index contributed by atoms with van der Waals surface area (Å²) >= 11 is 0. The van der Waals surface area contributed by atoms with Crippen LogP contribution in [0.25, 0.3) is 6.08 Å². The molecule has 0 saturated heterocycles. The maximum absolute atomic E-state index is 3.96. The van der Waals surface area contributed by atoms with Crippen LogP contribution >= 0.6 is 0 Å². The maximum Gasteiger partial charge on any atom is -0.0256 e. The molecule has 0 aliphatic heterocycles. The first-order chi connectivity index (χ1) is 8.11. The standard InChI is InChI=1S/C17H20/c1-5-16-10-12-17(13-11-16)9-8-15(4)7-6-14(2)3/h6-13H,2,4-5H2,1,3H3/b7-6-,9-8+. The summed E-state index contributed by atoms with van der Waals surface area (Å²) < 4.78 is 0. The van der Waals surface area contributed by atoms with Crippen molar-refractivity contribution in [3.63, 3.8) is 0 Å². The Morgan fingerprint density at radius 3 is 2.24 bits per heavy atom. The Bertz CT molecular complexity index is 441. The van der Waals surface area contributed by atoms with Crippen molar-refractivity contribution < 1.29 is 0 Å². The second kappa shape index (κ2) is 6.70. The summed E-state index contributed by atoms with van der Waals surface area (Å²) in [6.45, 7) is 11.9. The molecule has 1 rings (SSSR count). The van der Waals surface area contributed by atoms with Gasteiger partial charge in [0.1, 0.15) is 0 Å². The second-order valence-electron chi connectivity index (χ2n) is 4.18. The van der Waals surface area contributed by atoms with E-state index in [-0.39, 0.29) is 0 Å². The molecule has 0 aliphatic carbocycles. The number of allylic oxidation sites excluding steroid dienone is 5. The van der Waals surface area contributed by atoms with Gasteiger partial charge < -0.3 is 0 Å². The Hall–Kier alpha value is -1.82. The predicted octanol–water partition coefficient (Wildman–Crippen LogP) is 4.95. The highest BCUT2D eigenvalue weighted by Crippen LogP contribution is 2.08. The van der Waals surface area contributed by atoms with Crippen molar-refractivity contribution in [1.29, 1.82) is 0 Å². The summed E-state index contributed by atoms with van der Waals surface area (Å²) in [5, 5.41) is 0. The Kier molecular flexibility index (Phi) is 5.22. The van der Waals surface area contributed by atoms with E-state index in [1.165, 1.54) is 11.1 Å². The molecule has 1 aromatic carbocycles. The molecule has 0 heteroatoms. The van der Waals surface area contributed by atoms with E-state index in [4.69, 9.17) is 0 Å². The van der Waals surface area contributed by atoms with E-state index in [2.05, 4.69) is 50.4 Å². The molecule has 88 valence electrons. The monoisotopic (exact) mass is 224 g/mol. The highest BCUT2D eigenvalue weighted by Gasteiger charge is 1.89. The summed E-state index contributed by atoms with van der Waals surface area (Å²) in [7, 11) is 0. The van der Waals surface area contributed by atoms with Crippen LogP contribution in [0.15, 0.2) is 66.8 Å². The lowest BCUT2D eigenvalue weighted by molar-refractivity contribution is 1.14. The number of hydrogen-bond acceptors (Lipinski definition) is 0. The minimum absolute atomic E-state index is 0.979. The number of rotatable bonds is 5. The van der Waals surface area contributed by atoms with Gasteiger partial charge in [-0.15, -0.1) is 0 Å². The molecule has 0 aromatic heterocycles. The second-order valence-corrected chi connectivity index (χ2v) is 4.18.